The van der Waals surface area contributed by atoms with Crippen molar-refractivity contribution >= 4 is 38.9 Å². The van der Waals surface area contributed by atoms with Gasteiger partial charge < -0.3 is 10.8 Å². The third-order valence-electron chi connectivity index (χ3n) is 2.30. The van der Waals surface area contributed by atoms with Crippen molar-refractivity contribution in [2.75, 3.05) is 18.9 Å². The van der Waals surface area contributed by atoms with Gasteiger partial charge in [-0.15, -0.1) is 0 Å². The molecule has 0 aliphatic heterocycles. The van der Waals surface area contributed by atoms with Crippen molar-refractivity contribution in [1.29, 1.82) is 0 Å². The molecule has 1 aromatic rings. The summed E-state index contributed by atoms with van der Waals surface area (Å²) in [7, 11) is -3.71. The molecule has 0 heterocycles. The Morgan fingerprint density at radius 1 is 1.39 bits per heavy atom. The van der Waals surface area contributed by atoms with Crippen LogP contribution in [0.1, 0.15) is 6.92 Å². The number of nitrogens with two attached hydrogens (primary N) is 1. The summed E-state index contributed by atoms with van der Waals surface area (Å²) in [6, 6.07) is 2.46. The Morgan fingerprint density at radius 3 is 2.33 bits per heavy atom. The molecule has 1 atom stereocenters. The Labute approximate surface area is 116 Å². The minimum atomic E-state index is -3.71. The fraction of sp³-hybridized carbons (Fsp3) is 0.400. The van der Waals surface area contributed by atoms with Crippen LogP contribution in [0, 0.1) is 5.92 Å². The van der Waals surface area contributed by atoms with E-state index in [-0.39, 0.29) is 39.7 Å². The lowest BCUT2D eigenvalue weighted by Gasteiger charge is -2.11. The van der Waals surface area contributed by atoms with Crippen LogP contribution in [0.4, 0.5) is 5.69 Å². The molecule has 18 heavy (non-hydrogen) atoms. The van der Waals surface area contributed by atoms with E-state index in [1.165, 1.54) is 12.1 Å². The highest BCUT2D eigenvalue weighted by Gasteiger charge is 2.18. The second-order valence-electron chi connectivity index (χ2n) is 3.94. The Kier molecular flexibility index (Phi) is 5.24. The van der Waals surface area contributed by atoms with Gasteiger partial charge in [0, 0.05) is 13.2 Å². The number of sulfonamides is 1. The van der Waals surface area contributed by atoms with Crippen molar-refractivity contribution in [3.8, 4) is 0 Å². The number of hydrogen-bond acceptors (Lipinski definition) is 4. The average Bonchev–Trinajstić information content (AvgIpc) is 2.32. The van der Waals surface area contributed by atoms with E-state index in [2.05, 4.69) is 4.72 Å². The Hall–Kier alpha value is -0.530. The summed E-state index contributed by atoms with van der Waals surface area (Å²) in [5.74, 6) is -0.181. The van der Waals surface area contributed by atoms with Crippen LogP contribution in [-0.4, -0.2) is 26.7 Å². The van der Waals surface area contributed by atoms with Crippen molar-refractivity contribution in [3.63, 3.8) is 0 Å². The van der Waals surface area contributed by atoms with Gasteiger partial charge in [0.2, 0.25) is 10.0 Å². The maximum atomic E-state index is 11.9. The third kappa shape index (κ3) is 3.73. The highest BCUT2D eigenvalue weighted by atomic mass is 35.5. The van der Waals surface area contributed by atoms with Gasteiger partial charge in [0.05, 0.1) is 20.6 Å². The van der Waals surface area contributed by atoms with E-state index >= 15 is 0 Å². The summed E-state index contributed by atoms with van der Waals surface area (Å²) >= 11 is 11.5. The smallest absolute Gasteiger partial charge is 0.240 e. The Balaban J connectivity index is 2.99. The summed E-state index contributed by atoms with van der Waals surface area (Å²) in [5.41, 5.74) is 5.67. The molecule has 0 amide bonds. The fourth-order valence-electron chi connectivity index (χ4n) is 1.12. The average molecular weight is 313 g/mol. The quantitative estimate of drug-likeness (QED) is 0.718. The van der Waals surface area contributed by atoms with Gasteiger partial charge in [-0.05, 0) is 18.1 Å². The lowest BCUT2D eigenvalue weighted by Crippen LogP contribution is -2.29. The summed E-state index contributed by atoms with van der Waals surface area (Å²) in [6.07, 6.45) is 0. The molecule has 8 heteroatoms. The molecule has 4 N–H and O–H groups in total. The second-order valence-corrected chi connectivity index (χ2v) is 6.52. The largest absolute Gasteiger partial charge is 0.396 e. The number of hydrogen-bond donors (Lipinski definition) is 3. The highest BCUT2D eigenvalue weighted by Crippen LogP contribution is 2.30. The molecule has 1 unspecified atom stereocenters. The molecule has 1 rings (SSSR count). The van der Waals surface area contributed by atoms with Crippen molar-refractivity contribution < 1.29 is 13.5 Å². The van der Waals surface area contributed by atoms with Gasteiger partial charge in [-0.3, -0.25) is 0 Å². The summed E-state index contributed by atoms with van der Waals surface area (Å²) < 4.78 is 26.2. The Morgan fingerprint density at radius 2 is 1.89 bits per heavy atom. The maximum Gasteiger partial charge on any atom is 0.240 e. The summed E-state index contributed by atoms with van der Waals surface area (Å²) in [5, 5.41) is 9.00. The zero-order valence-electron chi connectivity index (χ0n) is 9.65. The lowest BCUT2D eigenvalue weighted by atomic mass is 10.2. The number of nitrogen functional groups attached to an aromatic ring is 1. The van der Waals surface area contributed by atoms with E-state index in [1.807, 2.05) is 0 Å². The van der Waals surface area contributed by atoms with Crippen LogP contribution in [0.15, 0.2) is 17.0 Å². The molecule has 0 bridgehead atoms. The zero-order valence-corrected chi connectivity index (χ0v) is 12.0. The van der Waals surface area contributed by atoms with Gasteiger partial charge in [0.1, 0.15) is 0 Å². The number of aliphatic hydroxyl groups excluding tert-OH is 1. The molecule has 0 aromatic heterocycles. The van der Waals surface area contributed by atoms with Crippen molar-refractivity contribution in [3.05, 3.63) is 22.2 Å². The monoisotopic (exact) mass is 312 g/mol. The van der Waals surface area contributed by atoms with Gasteiger partial charge in [-0.25, -0.2) is 13.1 Å². The van der Waals surface area contributed by atoms with Gasteiger partial charge >= 0.3 is 0 Å². The predicted molar refractivity (Wildman–Crippen MR) is 72.3 cm³/mol. The van der Waals surface area contributed by atoms with E-state index in [0.29, 0.717) is 0 Å². The van der Waals surface area contributed by atoms with Crippen LogP contribution >= 0.6 is 23.2 Å². The second kappa shape index (κ2) is 6.08. The molecule has 0 fully saturated rings. The van der Waals surface area contributed by atoms with Gasteiger partial charge in [-0.1, -0.05) is 30.1 Å². The molecule has 0 aliphatic carbocycles. The van der Waals surface area contributed by atoms with E-state index in [4.69, 9.17) is 34.0 Å². The third-order valence-corrected chi connectivity index (χ3v) is 4.32. The van der Waals surface area contributed by atoms with Gasteiger partial charge in [0.15, 0.2) is 0 Å². The van der Waals surface area contributed by atoms with Crippen LogP contribution in [0.2, 0.25) is 10.0 Å². The normalized spacial score (nSPS) is 13.6. The first-order chi connectivity index (χ1) is 8.27. The fourth-order valence-corrected chi connectivity index (χ4v) is 2.95. The van der Waals surface area contributed by atoms with E-state index in [0.717, 1.165) is 0 Å². The summed E-state index contributed by atoms with van der Waals surface area (Å²) in [4.78, 5) is -0.0585. The molecule has 0 saturated heterocycles. The molecule has 0 saturated carbocycles. The zero-order chi connectivity index (χ0) is 13.9. The molecular formula is C10H14Cl2N2O3S. The molecule has 0 radical (unpaired) electrons. The van der Waals surface area contributed by atoms with Gasteiger partial charge in [-0.2, -0.15) is 0 Å². The Bertz CT molecular complexity index is 511. The SMILES string of the molecule is CC(CO)CNS(=O)(=O)c1cc(Cl)c(N)c(Cl)c1. The van der Waals surface area contributed by atoms with Gasteiger partial charge in [0.25, 0.3) is 0 Å². The maximum absolute atomic E-state index is 11.9. The van der Waals surface area contributed by atoms with Crippen molar-refractivity contribution in [1.82, 2.24) is 4.72 Å². The van der Waals surface area contributed by atoms with Crippen LogP contribution < -0.4 is 10.5 Å². The number of benzene rings is 1. The minimum absolute atomic E-state index is 0.0585. The van der Waals surface area contributed by atoms with Crippen LogP contribution in [0.5, 0.6) is 0 Å². The molecule has 102 valence electrons. The molecule has 5 nitrogen and oxygen atoms in total. The number of halogens is 2. The molecule has 0 spiro atoms. The first-order valence-corrected chi connectivity index (χ1v) is 7.37. The lowest BCUT2D eigenvalue weighted by molar-refractivity contribution is 0.238. The van der Waals surface area contributed by atoms with E-state index in [9.17, 15) is 8.42 Å². The predicted octanol–water partition coefficient (Wildman–Crippen LogP) is 1.48. The topological polar surface area (TPSA) is 92.4 Å². The number of rotatable bonds is 5. The first kappa shape index (κ1) is 15.5. The first-order valence-electron chi connectivity index (χ1n) is 5.13. The number of aliphatic hydroxyl groups is 1. The molecule has 1 aromatic carbocycles. The van der Waals surface area contributed by atoms with Crippen LogP contribution in [0.3, 0.4) is 0 Å². The number of anilines is 1. The van der Waals surface area contributed by atoms with Crippen LogP contribution in [-0.2, 0) is 10.0 Å². The van der Waals surface area contributed by atoms with Crippen LogP contribution in [0.25, 0.3) is 0 Å². The minimum Gasteiger partial charge on any atom is -0.396 e. The summed E-state index contributed by atoms with van der Waals surface area (Å²) in [6.45, 7) is 1.73. The highest BCUT2D eigenvalue weighted by molar-refractivity contribution is 7.89. The number of nitrogens with one attached hydrogen (secondary N) is 1. The van der Waals surface area contributed by atoms with Crippen molar-refractivity contribution in [2.24, 2.45) is 5.92 Å². The van der Waals surface area contributed by atoms with E-state index in [1.54, 1.807) is 6.92 Å². The van der Waals surface area contributed by atoms with E-state index < -0.39 is 10.0 Å². The molecule has 0 aliphatic rings. The van der Waals surface area contributed by atoms with Crippen molar-refractivity contribution in [2.45, 2.75) is 11.8 Å². The standard InChI is InChI=1S/C10H14Cl2N2O3S/c1-6(5-15)4-14-18(16,17)7-2-8(11)10(13)9(12)3-7/h2-3,6,14-15H,4-5,13H2,1H3. The molecular weight excluding hydrogens is 299 g/mol.